The molecule has 0 spiro atoms. The molecule has 1 aliphatic rings. The molecule has 2 heterocycles. The summed E-state index contributed by atoms with van der Waals surface area (Å²) < 4.78 is 0. The van der Waals surface area contributed by atoms with Crippen LogP contribution >= 0.6 is 22.9 Å². The molecule has 0 unspecified atom stereocenters. The largest absolute Gasteiger partial charge is 0.346 e. The first-order valence-electron chi connectivity index (χ1n) is 7.94. The van der Waals surface area contributed by atoms with Crippen molar-refractivity contribution < 1.29 is 4.79 Å². The van der Waals surface area contributed by atoms with Crippen LogP contribution in [0.3, 0.4) is 0 Å². The van der Waals surface area contributed by atoms with Crippen LogP contribution in [0.1, 0.15) is 25.3 Å². The van der Waals surface area contributed by atoms with Gasteiger partial charge in [-0.05, 0) is 43.4 Å². The molecule has 128 valence electrons. The minimum atomic E-state index is -0.352. The van der Waals surface area contributed by atoms with Crippen molar-refractivity contribution >= 4 is 44.9 Å². The minimum absolute atomic E-state index is 0.352. The van der Waals surface area contributed by atoms with E-state index in [2.05, 4.69) is 32.7 Å². The number of carbonyl (C=O) groups excluding carboxylic acids is 1. The summed E-state index contributed by atoms with van der Waals surface area (Å²) in [5.41, 5.74) is 1.62. The highest BCUT2D eigenvalue weighted by atomic mass is 35.5. The number of hydrogen-bond acceptors (Lipinski definition) is 5. The van der Waals surface area contributed by atoms with E-state index in [9.17, 15) is 4.79 Å². The first-order chi connectivity index (χ1) is 11.5. The molecule has 0 radical (unpaired) electrons. The lowest BCUT2D eigenvalue weighted by molar-refractivity contribution is 0.262. The zero-order chi connectivity index (χ0) is 17.1. The van der Waals surface area contributed by atoms with Crippen LogP contribution in [0.25, 0.3) is 0 Å². The van der Waals surface area contributed by atoms with Gasteiger partial charge in [-0.15, -0.1) is 10.2 Å². The van der Waals surface area contributed by atoms with Gasteiger partial charge in [0, 0.05) is 23.8 Å². The lowest BCUT2D eigenvalue weighted by atomic mass is 10.0. The summed E-state index contributed by atoms with van der Waals surface area (Å²) in [6.45, 7) is 6.13. The second-order valence-corrected chi connectivity index (χ2v) is 7.51. The van der Waals surface area contributed by atoms with Gasteiger partial charge < -0.3 is 10.2 Å². The maximum atomic E-state index is 12.1. The van der Waals surface area contributed by atoms with Gasteiger partial charge in [0.15, 0.2) is 0 Å². The summed E-state index contributed by atoms with van der Waals surface area (Å²) in [5.74, 6) is 0.660. The van der Waals surface area contributed by atoms with Crippen LogP contribution in [-0.4, -0.2) is 29.3 Å². The average molecular weight is 366 g/mol. The second-order valence-electron chi connectivity index (χ2n) is 6.12. The summed E-state index contributed by atoms with van der Waals surface area (Å²) in [6, 6.07) is 5.02. The molecular formula is C16H20ClN5OS. The van der Waals surface area contributed by atoms with E-state index >= 15 is 0 Å². The Balaban J connectivity index is 1.62. The molecule has 0 saturated carbocycles. The van der Waals surface area contributed by atoms with Gasteiger partial charge in [-0.25, -0.2) is 4.79 Å². The number of amides is 2. The molecule has 2 N–H and O–H groups in total. The smallest absolute Gasteiger partial charge is 0.325 e. The van der Waals surface area contributed by atoms with E-state index in [0.717, 1.165) is 30.2 Å². The number of halogens is 1. The van der Waals surface area contributed by atoms with Crippen molar-refractivity contribution in [1.82, 2.24) is 10.2 Å². The highest BCUT2D eigenvalue weighted by Crippen LogP contribution is 2.28. The molecule has 0 bridgehead atoms. The third kappa shape index (κ3) is 4.15. The van der Waals surface area contributed by atoms with Crippen LogP contribution < -0.4 is 15.5 Å². The number of benzene rings is 1. The van der Waals surface area contributed by atoms with Gasteiger partial charge in [0.2, 0.25) is 10.3 Å². The van der Waals surface area contributed by atoms with Gasteiger partial charge in [-0.2, -0.15) is 0 Å². The Bertz CT molecular complexity index is 735. The molecule has 3 rings (SSSR count). The maximum absolute atomic E-state index is 12.1. The lowest BCUT2D eigenvalue weighted by Crippen LogP contribution is -2.34. The molecule has 1 aromatic heterocycles. The molecule has 6 nitrogen and oxygen atoms in total. The third-order valence-corrected chi connectivity index (χ3v) is 5.14. The van der Waals surface area contributed by atoms with E-state index in [1.165, 1.54) is 17.8 Å². The van der Waals surface area contributed by atoms with Crippen LogP contribution in [0.5, 0.6) is 0 Å². The highest BCUT2D eigenvalue weighted by Gasteiger charge is 2.20. The van der Waals surface area contributed by atoms with Crippen LogP contribution in [0.4, 0.5) is 20.7 Å². The number of hydrogen-bond donors (Lipinski definition) is 2. The summed E-state index contributed by atoms with van der Waals surface area (Å²) in [4.78, 5) is 14.4. The summed E-state index contributed by atoms with van der Waals surface area (Å²) in [6.07, 6.45) is 2.42. The van der Waals surface area contributed by atoms with E-state index in [0.29, 0.717) is 21.8 Å². The van der Waals surface area contributed by atoms with E-state index in [1.807, 2.05) is 13.0 Å². The Morgan fingerprint density at radius 3 is 3.00 bits per heavy atom. The van der Waals surface area contributed by atoms with E-state index in [1.54, 1.807) is 12.1 Å². The van der Waals surface area contributed by atoms with Crippen molar-refractivity contribution in [2.45, 2.75) is 26.7 Å². The molecule has 8 heteroatoms. The molecule has 1 aliphatic heterocycles. The Labute approximate surface area is 150 Å². The van der Waals surface area contributed by atoms with Crippen molar-refractivity contribution in [2.75, 3.05) is 28.6 Å². The number of nitrogens with one attached hydrogen (secondary N) is 2. The predicted molar refractivity (Wildman–Crippen MR) is 99.4 cm³/mol. The zero-order valence-electron chi connectivity index (χ0n) is 13.7. The molecule has 24 heavy (non-hydrogen) atoms. The van der Waals surface area contributed by atoms with Gasteiger partial charge in [-0.3, -0.25) is 5.32 Å². The molecule has 1 atom stereocenters. The van der Waals surface area contributed by atoms with Gasteiger partial charge >= 0.3 is 6.03 Å². The van der Waals surface area contributed by atoms with Crippen molar-refractivity contribution in [2.24, 2.45) is 5.92 Å². The SMILES string of the molecule is Cc1ccc(Cl)cc1NC(=O)Nc1nnc(N2CCC[C@@H](C)C2)s1. The molecule has 1 aromatic carbocycles. The maximum Gasteiger partial charge on any atom is 0.325 e. The van der Waals surface area contributed by atoms with Crippen molar-refractivity contribution in [3.63, 3.8) is 0 Å². The first-order valence-corrected chi connectivity index (χ1v) is 9.13. The molecule has 2 amide bonds. The van der Waals surface area contributed by atoms with Crippen molar-refractivity contribution in [3.8, 4) is 0 Å². The zero-order valence-corrected chi connectivity index (χ0v) is 15.2. The quantitative estimate of drug-likeness (QED) is 0.846. The molecule has 2 aromatic rings. The van der Waals surface area contributed by atoms with Gasteiger partial charge in [0.05, 0.1) is 0 Å². The van der Waals surface area contributed by atoms with Crippen LogP contribution in [-0.2, 0) is 0 Å². The Hall–Kier alpha value is -1.86. The minimum Gasteiger partial charge on any atom is -0.346 e. The number of piperidine rings is 1. The highest BCUT2D eigenvalue weighted by molar-refractivity contribution is 7.19. The third-order valence-electron chi connectivity index (χ3n) is 4.01. The monoisotopic (exact) mass is 365 g/mol. The fourth-order valence-corrected chi connectivity index (χ4v) is 3.68. The number of aryl methyl sites for hydroxylation is 1. The first kappa shape index (κ1) is 17.0. The number of carbonyl (C=O) groups is 1. The number of urea groups is 1. The Morgan fingerprint density at radius 1 is 1.38 bits per heavy atom. The standard InChI is InChI=1S/C16H20ClN5OS/c1-10-4-3-7-22(9-10)16-21-20-15(24-16)19-14(23)18-13-8-12(17)6-5-11(13)2/h5-6,8,10H,3-4,7,9H2,1-2H3,(H2,18,19,20,23)/t10-/m1/s1. The van der Waals surface area contributed by atoms with Gasteiger partial charge in [-0.1, -0.05) is 35.9 Å². The Kier molecular flexibility index (Phi) is 5.20. The number of nitrogens with zero attached hydrogens (tertiary/aromatic N) is 3. The molecular weight excluding hydrogens is 346 g/mol. The normalized spacial score (nSPS) is 17.6. The Morgan fingerprint density at radius 2 is 2.21 bits per heavy atom. The van der Waals surface area contributed by atoms with Gasteiger partial charge in [0.1, 0.15) is 0 Å². The molecule has 1 saturated heterocycles. The number of rotatable bonds is 3. The van der Waals surface area contributed by atoms with Crippen LogP contribution in [0.2, 0.25) is 5.02 Å². The number of anilines is 3. The van der Waals surface area contributed by atoms with Gasteiger partial charge in [0.25, 0.3) is 0 Å². The van der Waals surface area contributed by atoms with Crippen LogP contribution in [0.15, 0.2) is 18.2 Å². The van der Waals surface area contributed by atoms with E-state index in [4.69, 9.17) is 11.6 Å². The fourth-order valence-electron chi connectivity index (χ4n) is 2.74. The second kappa shape index (κ2) is 7.36. The summed E-state index contributed by atoms with van der Waals surface area (Å²) >= 11 is 7.36. The summed E-state index contributed by atoms with van der Waals surface area (Å²) in [5, 5.41) is 15.7. The molecule has 1 fully saturated rings. The lowest BCUT2D eigenvalue weighted by Gasteiger charge is -2.29. The topological polar surface area (TPSA) is 70.1 Å². The number of aromatic nitrogens is 2. The van der Waals surface area contributed by atoms with E-state index in [-0.39, 0.29) is 6.03 Å². The van der Waals surface area contributed by atoms with Crippen molar-refractivity contribution in [3.05, 3.63) is 28.8 Å². The fraction of sp³-hybridized carbons (Fsp3) is 0.438. The van der Waals surface area contributed by atoms with E-state index < -0.39 is 0 Å². The predicted octanol–water partition coefficient (Wildman–Crippen LogP) is 4.38. The van der Waals surface area contributed by atoms with Crippen molar-refractivity contribution in [1.29, 1.82) is 0 Å². The average Bonchev–Trinajstić information content (AvgIpc) is 2.99. The van der Waals surface area contributed by atoms with Crippen LogP contribution in [0, 0.1) is 12.8 Å². The molecule has 0 aliphatic carbocycles. The summed E-state index contributed by atoms with van der Waals surface area (Å²) in [7, 11) is 0.